The summed E-state index contributed by atoms with van der Waals surface area (Å²) in [6, 6.07) is 19.2. The molecule has 0 aliphatic carbocycles. The van der Waals surface area contributed by atoms with Gasteiger partial charge in [0.05, 0.1) is 4.90 Å². The smallest absolute Gasteiger partial charge is 0.207 e. The number of hydrogen-bond donors (Lipinski definition) is 0. The third-order valence-corrected chi connectivity index (χ3v) is 6.50. The van der Waals surface area contributed by atoms with Crippen LogP contribution in [0.15, 0.2) is 65.6 Å². The molecule has 1 fully saturated rings. The van der Waals surface area contributed by atoms with Crippen molar-refractivity contribution in [3.63, 3.8) is 0 Å². The first-order valence-electron chi connectivity index (χ1n) is 8.29. The topological polar surface area (TPSA) is 37.4 Å². The summed E-state index contributed by atoms with van der Waals surface area (Å²) in [5.41, 5.74) is 1.27. The largest absolute Gasteiger partial charge is 0.243 e. The summed E-state index contributed by atoms with van der Waals surface area (Å²) < 4.78 is 27.6. The molecule has 3 rings (SSSR count). The Morgan fingerprint density at radius 3 is 2.26 bits per heavy atom. The van der Waals surface area contributed by atoms with E-state index in [9.17, 15) is 8.42 Å². The fourth-order valence-electron chi connectivity index (χ4n) is 3.28. The van der Waals surface area contributed by atoms with Crippen molar-refractivity contribution in [1.82, 2.24) is 4.31 Å². The van der Waals surface area contributed by atoms with Crippen molar-refractivity contribution in [1.29, 1.82) is 0 Å². The van der Waals surface area contributed by atoms with E-state index in [1.165, 1.54) is 5.56 Å². The Balaban J connectivity index is 1.76. The van der Waals surface area contributed by atoms with Gasteiger partial charge in [-0.1, -0.05) is 55.0 Å². The molecule has 1 atom stereocenters. The van der Waals surface area contributed by atoms with Crippen LogP contribution >= 0.6 is 0 Å². The van der Waals surface area contributed by atoms with Crippen molar-refractivity contribution in [2.45, 2.75) is 43.0 Å². The summed E-state index contributed by atoms with van der Waals surface area (Å²) in [6.07, 6.45) is 4.83. The van der Waals surface area contributed by atoms with Gasteiger partial charge in [-0.25, -0.2) is 8.42 Å². The molecular weight excluding hydrogens is 306 g/mol. The molecule has 0 radical (unpaired) electrons. The van der Waals surface area contributed by atoms with Crippen LogP contribution in [0.4, 0.5) is 0 Å². The third kappa shape index (κ3) is 3.82. The Hall–Kier alpha value is -1.65. The van der Waals surface area contributed by atoms with Crippen LogP contribution in [0.2, 0.25) is 0 Å². The molecule has 2 aromatic rings. The van der Waals surface area contributed by atoms with Crippen LogP contribution in [0.1, 0.15) is 31.2 Å². The van der Waals surface area contributed by atoms with E-state index in [4.69, 9.17) is 0 Å². The van der Waals surface area contributed by atoms with Gasteiger partial charge in [0.1, 0.15) is 0 Å². The van der Waals surface area contributed by atoms with Crippen molar-refractivity contribution >= 4 is 10.0 Å². The second-order valence-corrected chi connectivity index (χ2v) is 7.99. The number of benzene rings is 2. The molecule has 23 heavy (non-hydrogen) atoms. The average Bonchev–Trinajstić information content (AvgIpc) is 2.62. The Bertz CT molecular complexity index is 714. The molecule has 2 aromatic carbocycles. The summed E-state index contributed by atoms with van der Waals surface area (Å²) in [4.78, 5) is 0.409. The first kappa shape index (κ1) is 16.2. The molecule has 0 spiro atoms. The van der Waals surface area contributed by atoms with E-state index in [1.54, 1.807) is 28.6 Å². The molecule has 1 aliphatic rings. The Labute approximate surface area is 139 Å². The first-order valence-corrected chi connectivity index (χ1v) is 9.73. The summed E-state index contributed by atoms with van der Waals surface area (Å²) in [7, 11) is -3.38. The maximum Gasteiger partial charge on any atom is 0.243 e. The molecule has 0 unspecified atom stereocenters. The van der Waals surface area contributed by atoms with Crippen LogP contribution in [-0.4, -0.2) is 25.3 Å². The van der Waals surface area contributed by atoms with Gasteiger partial charge in [-0.3, -0.25) is 0 Å². The van der Waals surface area contributed by atoms with E-state index in [2.05, 4.69) is 12.1 Å². The molecule has 0 bridgehead atoms. The molecule has 1 aliphatic heterocycles. The second kappa shape index (κ2) is 7.28. The maximum absolute atomic E-state index is 12.9. The third-order valence-electron chi connectivity index (χ3n) is 4.53. The first-order chi connectivity index (χ1) is 11.2. The molecule has 1 heterocycles. The molecular formula is C19H23NO2S. The fourth-order valence-corrected chi connectivity index (χ4v) is 5.03. The minimum atomic E-state index is -3.38. The van der Waals surface area contributed by atoms with Crippen molar-refractivity contribution in [3.05, 3.63) is 66.2 Å². The Morgan fingerprint density at radius 1 is 0.913 bits per heavy atom. The normalized spacial score (nSPS) is 19.6. The van der Waals surface area contributed by atoms with Crippen molar-refractivity contribution in [2.24, 2.45) is 0 Å². The molecule has 1 saturated heterocycles. The van der Waals surface area contributed by atoms with Crippen molar-refractivity contribution in [2.75, 3.05) is 6.54 Å². The number of aryl methyl sites for hydroxylation is 1. The van der Waals surface area contributed by atoms with Crippen molar-refractivity contribution < 1.29 is 8.42 Å². The van der Waals surface area contributed by atoms with Gasteiger partial charge in [-0.05, 0) is 43.4 Å². The van der Waals surface area contributed by atoms with Gasteiger partial charge in [-0.15, -0.1) is 0 Å². The highest BCUT2D eigenvalue weighted by Crippen LogP contribution is 2.27. The number of rotatable bonds is 5. The fraction of sp³-hybridized carbons (Fsp3) is 0.368. The second-order valence-electron chi connectivity index (χ2n) is 6.10. The van der Waals surface area contributed by atoms with Crippen LogP contribution in [0.5, 0.6) is 0 Å². The Morgan fingerprint density at radius 2 is 1.57 bits per heavy atom. The summed E-state index contributed by atoms with van der Waals surface area (Å²) in [5.74, 6) is 0. The van der Waals surface area contributed by atoms with Crippen molar-refractivity contribution in [3.8, 4) is 0 Å². The van der Waals surface area contributed by atoms with E-state index in [0.717, 1.165) is 32.1 Å². The zero-order chi connectivity index (χ0) is 16.1. The van der Waals surface area contributed by atoms with E-state index >= 15 is 0 Å². The minimum absolute atomic E-state index is 0.106. The van der Waals surface area contributed by atoms with E-state index in [1.807, 2.05) is 24.3 Å². The molecule has 0 saturated carbocycles. The molecule has 3 nitrogen and oxygen atoms in total. The van der Waals surface area contributed by atoms with Gasteiger partial charge in [-0.2, -0.15) is 4.31 Å². The lowest BCUT2D eigenvalue weighted by molar-refractivity contribution is 0.241. The minimum Gasteiger partial charge on any atom is -0.207 e. The number of piperidine rings is 1. The Kier molecular flexibility index (Phi) is 5.13. The van der Waals surface area contributed by atoms with Crippen LogP contribution in [-0.2, 0) is 16.4 Å². The lowest BCUT2D eigenvalue weighted by atomic mass is 9.98. The van der Waals surface area contributed by atoms with Crippen LogP contribution in [0, 0.1) is 0 Å². The average molecular weight is 329 g/mol. The van der Waals surface area contributed by atoms with Gasteiger partial charge < -0.3 is 0 Å². The number of hydrogen-bond acceptors (Lipinski definition) is 2. The standard InChI is InChI=1S/C19H23NO2S/c21-23(22,19-12-5-2-6-13-19)20-16-8-7-11-18(20)15-14-17-9-3-1-4-10-17/h1-6,9-10,12-13,18H,7-8,11,14-16H2/t18-/m0/s1. The molecule has 0 amide bonds. The van der Waals surface area contributed by atoms with E-state index < -0.39 is 10.0 Å². The summed E-state index contributed by atoms with van der Waals surface area (Å²) >= 11 is 0. The summed E-state index contributed by atoms with van der Waals surface area (Å²) in [6.45, 7) is 0.636. The molecule has 122 valence electrons. The molecule has 4 heteroatoms. The van der Waals surface area contributed by atoms with Crippen LogP contribution < -0.4 is 0 Å². The highest BCUT2D eigenvalue weighted by atomic mass is 32.2. The highest BCUT2D eigenvalue weighted by Gasteiger charge is 2.32. The number of sulfonamides is 1. The van der Waals surface area contributed by atoms with Crippen LogP contribution in [0.25, 0.3) is 0 Å². The van der Waals surface area contributed by atoms with E-state index in [0.29, 0.717) is 11.4 Å². The zero-order valence-electron chi connectivity index (χ0n) is 13.3. The molecule has 0 N–H and O–H groups in total. The van der Waals surface area contributed by atoms with Gasteiger partial charge in [0, 0.05) is 12.6 Å². The lowest BCUT2D eigenvalue weighted by Gasteiger charge is -2.34. The SMILES string of the molecule is O=S(=O)(c1ccccc1)N1CCCC[C@H]1CCc1ccccc1. The number of nitrogens with zero attached hydrogens (tertiary/aromatic N) is 1. The molecule has 0 aromatic heterocycles. The zero-order valence-corrected chi connectivity index (χ0v) is 14.1. The van der Waals surface area contributed by atoms with Gasteiger partial charge in [0.15, 0.2) is 0 Å². The lowest BCUT2D eigenvalue weighted by Crippen LogP contribution is -2.43. The summed E-state index contributed by atoms with van der Waals surface area (Å²) in [5, 5.41) is 0. The van der Waals surface area contributed by atoms with E-state index in [-0.39, 0.29) is 6.04 Å². The predicted octanol–water partition coefficient (Wildman–Crippen LogP) is 3.86. The monoisotopic (exact) mass is 329 g/mol. The predicted molar refractivity (Wildman–Crippen MR) is 92.7 cm³/mol. The van der Waals surface area contributed by atoms with Gasteiger partial charge >= 0.3 is 0 Å². The van der Waals surface area contributed by atoms with Crippen LogP contribution in [0.3, 0.4) is 0 Å². The quantitative estimate of drug-likeness (QED) is 0.835. The maximum atomic E-state index is 12.9. The highest BCUT2D eigenvalue weighted by molar-refractivity contribution is 7.89. The van der Waals surface area contributed by atoms with Gasteiger partial charge in [0.25, 0.3) is 0 Å². The van der Waals surface area contributed by atoms with Gasteiger partial charge in [0.2, 0.25) is 10.0 Å².